The van der Waals surface area contributed by atoms with Crippen molar-refractivity contribution in [2.45, 2.75) is 26.3 Å². The summed E-state index contributed by atoms with van der Waals surface area (Å²) in [5.74, 6) is 0.257. The fourth-order valence-corrected chi connectivity index (χ4v) is 2.64. The van der Waals surface area contributed by atoms with Crippen LogP contribution in [0.1, 0.15) is 25.5 Å². The summed E-state index contributed by atoms with van der Waals surface area (Å²) >= 11 is 1.21. The third-order valence-electron chi connectivity index (χ3n) is 2.99. The molecule has 0 aliphatic rings. The van der Waals surface area contributed by atoms with E-state index in [0.29, 0.717) is 28.9 Å². The first kappa shape index (κ1) is 14.7. The average molecular weight is 294 g/mol. The molecule has 2 rings (SSSR count). The monoisotopic (exact) mass is 294 g/mol. The van der Waals surface area contributed by atoms with Crippen LogP contribution in [0.5, 0.6) is 0 Å². The van der Waals surface area contributed by atoms with Gasteiger partial charge in [0.25, 0.3) is 5.56 Å². The zero-order chi connectivity index (χ0) is 14.7. The molecule has 7 heteroatoms. The number of methoxy groups -OCH3 is 1. The topological polar surface area (TPSA) is 83.0 Å². The minimum atomic E-state index is -0.0793. The van der Waals surface area contributed by atoms with Crippen molar-refractivity contribution < 1.29 is 4.74 Å². The molecule has 2 heterocycles. The maximum Gasteiger partial charge on any atom is 0.261 e. The van der Waals surface area contributed by atoms with Crippen LogP contribution in [-0.4, -0.2) is 28.5 Å². The van der Waals surface area contributed by atoms with E-state index in [4.69, 9.17) is 10.5 Å². The number of nitrogens with two attached hydrogens (primary N) is 1. The second kappa shape index (κ2) is 6.15. The van der Waals surface area contributed by atoms with E-state index in [1.807, 2.05) is 6.07 Å². The molecule has 0 amide bonds. The highest BCUT2D eigenvalue weighted by atomic mass is 32.1. The number of hydrogen-bond acceptors (Lipinski definition) is 6. The van der Waals surface area contributed by atoms with Crippen LogP contribution in [0.3, 0.4) is 0 Å². The molecule has 0 unspecified atom stereocenters. The second-order valence-corrected chi connectivity index (χ2v) is 5.73. The van der Waals surface area contributed by atoms with Crippen LogP contribution in [-0.2, 0) is 11.3 Å². The van der Waals surface area contributed by atoms with Crippen molar-refractivity contribution in [2.24, 2.45) is 0 Å². The molecular formula is C13H18N4O2S. The fourth-order valence-electron chi connectivity index (χ4n) is 2.02. The van der Waals surface area contributed by atoms with Crippen molar-refractivity contribution in [3.05, 3.63) is 28.2 Å². The number of nitrogens with zero attached hydrogens (tertiary/aromatic N) is 3. The predicted octanol–water partition coefficient (Wildman–Crippen LogP) is 1.72. The Balaban J connectivity index is 2.53. The second-order valence-electron chi connectivity index (χ2n) is 4.72. The molecule has 0 saturated heterocycles. The Morgan fingerprint density at radius 3 is 2.70 bits per heavy atom. The third-order valence-corrected chi connectivity index (χ3v) is 3.78. The summed E-state index contributed by atoms with van der Waals surface area (Å²) < 4.78 is 6.82. The molecule has 0 aliphatic heterocycles. The van der Waals surface area contributed by atoms with E-state index < -0.39 is 0 Å². The van der Waals surface area contributed by atoms with Crippen LogP contribution in [0.25, 0.3) is 10.6 Å². The van der Waals surface area contributed by atoms with Crippen molar-refractivity contribution >= 4 is 16.5 Å². The van der Waals surface area contributed by atoms with Crippen molar-refractivity contribution in [3.63, 3.8) is 0 Å². The first-order valence-corrected chi connectivity index (χ1v) is 7.18. The Bertz CT molecular complexity index is 648. The Morgan fingerprint density at radius 1 is 1.40 bits per heavy atom. The van der Waals surface area contributed by atoms with Gasteiger partial charge in [0.1, 0.15) is 0 Å². The number of pyridine rings is 1. The lowest BCUT2D eigenvalue weighted by Gasteiger charge is -2.16. The summed E-state index contributed by atoms with van der Waals surface area (Å²) in [5.41, 5.74) is 7.01. The molecular weight excluding hydrogens is 276 g/mol. The van der Waals surface area contributed by atoms with Crippen molar-refractivity contribution in [1.29, 1.82) is 0 Å². The molecule has 0 aromatic carbocycles. The Kier molecular flexibility index (Phi) is 4.51. The van der Waals surface area contributed by atoms with Crippen molar-refractivity contribution in [1.82, 2.24) is 14.8 Å². The van der Waals surface area contributed by atoms with Gasteiger partial charge in [-0.15, -0.1) is 10.2 Å². The summed E-state index contributed by atoms with van der Waals surface area (Å²) in [6.45, 7) is 5.12. The quantitative estimate of drug-likeness (QED) is 0.907. The summed E-state index contributed by atoms with van der Waals surface area (Å²) in [4.78, 5) is 12.6. The highest BCUT2D eigenvalue weighted by molar-refractivity contribution is 7.18. The first-order valence-electron chi connectivity index (χ1n) is 6.36. The molecule has 20 heavy (non-hydrogen) atoms. The first-order chi connectivity index (χ1) is 9.54. The number of hydrogen-bond donors (Lipinski definition) is 1. The van der Waals surface area contributed by atoms with Crippen molar-refractivity contribution in [2.75, 3.05) is 19.5 Å². The van der Waals surface area contributed by atoms with Gasteiger partial charge in [0, 0.05) is 19.3 Å². The fraction of sp³-hybridized carbons (Fsp3) is 0.462. The molecule has 0 atom stereocenters. The molecule has 0 spiro atoms. The zero-order valence-electron chi connectivity index (χ0n) is 11.8. The van der Waals surface area contributed by atoms with Gasteiger partial charge in [0.2, 0.25) is 5.13 Å². The SMILES string of the molecule is COCCn1c(C(C)C)ccc(-c2nnc(N)s2)c1=O. The highest BCUT2D eigenvalue weighted by Crippen LogP contribution is 2.23. The van der Waals surface area contributed by atoms with Crippen LogP contribution in [0.2, 0.25) is 0 Å². The molecule has 0 radical (unpaired) electrons. The van der Waals surface area contributed by atoms with Crippen LogP contribution in [0.4, 0.5) is 5.13 Å². The van der Waals surface area contributed by atoms with Gasteiger partial charge in [-0.05, 0) is 18.1 Å². The Labute approximate surface area is 121 Å². The lowest BCUT2D eigenvalue weighted by Crippen LogP contribution is -2.27. The Hall–Kier alpha value is -1.73. The highest BCUT2D eigenvalue weighted by Gasteiger charge is 2.15. The minimum absolute atomic E-state index is 0.0793. The lowest BCUT2D eigenvalue weighted by molar-refractivity contribution is 0.185. The van der Waals surface area contributed by atoms with Gasteiger partial charge in [-0.1, -0.05) is 25.2 Å². The van der Waals surface area contributed by atoms with Crippen LogP contribution < -0.4 is 11.3 Å². The third kappa shape index (κ3) is 2.88. The summed E-state index contributed by atoms with van der Waals surface area (Å²) in [6, 6.07) is 3.75. The smallest absolute Gasteiger partial charge is 0.261 e. The van der Waals surface area contributed by atoms with Gasteiger partial charge in [-0.3, -0.25) is 4.79 Å². The predicted molar refractivity (Wildman–Crippen MR) is 80.0 cm³/mol. The number of anilines is 1. The molecule has 0 aliphatic carbocycles. The van der Waals surface area contributed by atoms with Gasteiger partial charge >= 0.3 is 0 Å². The van der Waals surface area contributed by atoms with Crippen LogP contribution in [0.15, 0.2) is 16.9 Å². The molecule has 2 aromatic rings. The lowest BCUT2D eigenvalue weighted by atomic mass is 10.1. The Morgan fingerprint density at radius 2 is 2.15 bits per heavy atom. The van der Waals surface area contributed by atoms with E-state index in [9.17, 15) is 4.79 Å². The molecule has 0 fully saturated rings. The molecule has 108 valence electrons. The molecule has 6 nitrogen and oxygen atoms in total. The van der Waals surface area contributed by atoms with Crippen LogP contribution >= 0.6 is 11.3 Å². The molecule has 0 bridgehead atoms. The van der Waals surface area contributed by atoms with E-state index in [-0.39, 0.29) is 11.5 Å². The molecule has 0 saturated carbocycles. The van der Waals surface area contributed by atoms with E-state index in [1.165, 1.54) is 11.3 Å². The zero-order valence-corrected chi connectivity index (χ0v) is 12.6. The van der Waals surface area contributed by atoms with Gasteiger partial charge in [0.05, 0.1) is 12.2 Å². The van der Waals surface area contributed by atoms with Gasteiger partial charge in [-0.2, -0.15) is 0 Å². The largest absolute Gasteiger partial charge is 0.383 e. The van der Waals surface area contributed by atoms with Gasteiger partial charge in [0.15, 0.2) is 5.01 Å². The molecule has 2 N–H and O–H groups in total. The summed E-state index contributed by atoms with van der Waals surface area (Å²) in [6.07, 6.45) is 0. The number of rotatable bonds is 5. The average Bonchev–Trinajstić information content (AvgIpc) is 2.83. The van der Waals surface area contributed by atoms with Gasteiger partial charge < -0.3 is 15.0 Å². The number of aromatic nitrogens is 3. The number of nitrogen functional groups attached to an aromatic ring is 1. The van der Waals surface area contributed by atoms with E-state index in [0.717, 1.165) is 5.69 Å². The maximum atomic E-state index is 12.6. The maximum absolute atomic E-state index is 12.6. The van der Waals surface area contributed by atoms with Crippen LogP contribution in [0, 0.1) is 0 Å². The van der Waals surface area contributed by atoms with E-state index >= 15 is 0 Å². The number of ether oxygens (including phenoxy) is 1. The minimum Gasteiger partial charge on any atom is -0.383 e. The van der Waals surface area contributed by atoms with Gasteiger partial charge in [-0.25, -0.2) is 0 Å². The summed E-state index contributed by atoms with van der Waals surface area (Å²) in [7, 11) is 1.62. The summed E-state index contributed by atoms with van der Waals surface area (Å²) in [5, 5.41) is 8.61. The van der Waals surface area contributed by atoms with E-state index in [1.54, 1.807) is 17.7 Å². The van der Waals surface area contributed by atoms with Crippen molar-refractivity contribution in [3.8, 4) is 10.6 Å². The standard InChI is InChI=1S/C13H18N4O2S/c1-8(2)10-5-4-9(11-15-16-13(14)20-11)12(18)17(10)6-7-19-3/h4-5,8H,6-7H2,1-3H3,(H2,14,16). The molecule has 2 aromatic heterocycles. The van der Waals surface area contributed by atoms with E-state index in [2.05, 4.69) is 24.0 Å². The normalized spacial score (nSPS) is 11.2.